The molecule has 0 heterocycles. The van der Waals surface area contributed by atoms with Crippen LogP contribution < -0.4 is 15.4 Å². The van der Waals surface area contributed by atoms with E-state index >= 15 is 0 Å². The van der Waals surface area contributed by atoms with Crippen molar-refractivity contribution in [2.75, 3.05) is 7.05 Å². The zero-order chi connectivity index (χ0) is 17.8. The second-order valence-electron chi connectivity index (χ2n) is 7.80. The summed E-state index contributed by atoms with van der Waals surface area (Å²) in [5, 5.41) is 7.30. The van der Waals surface area contributed by atoms with Crippen LogP contribution in [0.3, 0.4) is 0 Å². The van der Waals surface area contributed by atoms with E-state index in [1.54, 1.807) is 0 Å². The fraction of sp³-hybridized carbons (Fsp3) is 0.478. The van der Waals surface area contributed by atoms with E-state index in [9.17, 15) is 0 Å². The van der Waals surface area contributed by atoms with Crippen molar-refractivity contribution in [2.45, 2.75) is 62.8 Å². The van der Waals surface area contributed by atoms with Gasteiger partial charge in [-0.3, -0.25) is 0 Å². The third kappa shape index (κ3) is 4.46. The lowest BCUT2D eigenvalue weighted by Gasteiger charge is -2.29. The molecule has 0 saturated heterocycles. The van der Waals surface area contributed by atoms with Crippen LogP contribution >= 0.6 is 0 Å². The number of hydrogen-bond acceptors (Lipinski definition) is 3. The van der Waals surface area contributed by atoms with Crippen LogP contribution in [0.25, 0.3) is 0 Å². The van der Waals surface area contributed by atoms with Gasteiger partial charge in [0.25, 0.3) is 0 Å². The highest BCUT2D eigenvalue weighted by Gasteiger charge is 2.39. The molecule has 0 radical (unpaired) electrons. The van der Waals surface area contributed by atoms with Crippen molar-refractivity contribution in [1.29, 1.82) is 0 Å². The van der Waals surface area contributed by atoms with E-state index in [2.05, 4.69) is 54.1 Å². The fourth-order valence-electron chi connectivity index (χ4n) is 4.15. The molecule has 0 spiro atoms. The highest BCUT2D eigenvalue weighted by Crippen LogP contribution is 2.42. The maximum atomic E-state index is 5.89. The topological polar surface area (TPSA) is 33.3 Å². The monoisotopic (exact) mass is 350 g/mol. The highest BCUT2D eigenvalue weighted by atomic mass is 16.5. The third-order valence-corrected chi connectivity index (χ3v) is 5.93. The molecular formula is C23H30N2O. The Morgan fingerprint density at radius 1 is 0.885 bits per heavy atom. The predicted molar refractivity (Wildman–Crippen MR) is 107 cm³/mol. The molecule has 3 heteroatoms. The molecule has 0 aliphatic heterocycles. The number of ether oxygens (including phenoxy) is 1. The molecule has 2 aromatic carbocycles. The molecule has 3 nitrogen and oxygen atoms in total. The average molecular weight is 351 g/mol. The first-order chi connectivity index (χ1) is 12.8. The van der Waals surface area contributed by atoms with E-state index in [1.165, 1.54) is 43.2 Å². The molecule has 138 valence electrons. The Morgan fingerprint density at radius 2 is 1.58 bits per heavy atom. The Bertz CT molecular complexity index is 677. The van der Waals surface area contributed by atoms with Gasteiger partial charge < -0.3 is 15.4 Å². The van der Waals surface area contributed by atoms with E-state index in [4.69, 9.17) is 4.74 Å². The van der Waals surface area contributed by atoms with Crippen LogP contribution in [0.2, 0.25) is 0 Å². The zero-order valence-corrected chi connectivity index (χ0v) is 15.7. The van der Waals surface area contributed by atoms with Crippen molar-refractivity contribution < 1.29 is 4.74 Å². The van der Waals surface area contributed by atoms with E-state index in [-0.39, 0.29) is 0 Å². The second-order valence-corrected chi connectivity index (χ2v) is 7.80. The summed E-state index contributed by atoms with van der Waals surface area (Å²) in [5.74, 6) is 1.63. The minimum absolute atomic E-state index is 0.628. The molecule has 2 unspecified atom stereocenters. The number of nitrogens with one attached hydrogen (secondary N) is 2. The van der Waals surface area contributed by atoms with Crippen molar-refractivity contribution in [1.82, 2.24) is 10.6 Å². The van der Waals surface area contributed by atoms with E-state index in [0.29, 0.717) is 24.6 Å². The molecule has 2 N–H and O–H groups in total. The van der Waals surface area contributed by atoms with Crippen LogP contribution in [0.4, 0.5) is 0 Å². The normalized spacial score (nSPS) is 27.9. The summed E-state index contributed by atoms with van der Waals surface area (Å²) in [6.45, 7) is 0.628. The molecule has 2 aliphatic rings. The van der Waals surface area contributed by atoms with Crippen molar-refractivity contribution in [3.63, 3.8) is 0 Å². The van der Waals surface area contributed by atoms with Crippen molar-refractivity contribution in [3.8, 4) is 5.75 Å². The van der Waals surface area contributed by atoms with E-state index in [0.717, 1.165) is 11.8 Å². The molecule has 2 aromatic rings. The van der Waals surface area contributed by atoms with Gasteiger partial charge in [0.2, 0.25) is 0 Å². The minimum atomic E-state index is 0.628. The largest absolute Gasteiger partial charge is 0.489 e. The Hall–Kier alpha value is -1.84. The fourth-order valence-corrected chi connectivity index (χ4v) is 4.15. The lowest BCUT2D eigenvalue weighted by Crippen LogP contribution is -2.39. The summed E-state index contributed by atoms with van der Waals surface area (Å²) in [7, 11) is 2.09. The first-order valence-corrected chi connectivity index (χ1v) is 10.0. The molecular weight excluding hydrogens is 320 g/mol. The maximum Gasteiger partial charge on any atom is 0.119 e. The SMILES string of the molecule is CNC1CCC(NC2CC2c2ccc(OCc3ccccc3)cc2)CC1. The summed E-state index contributed by atoms with van der Waals surface area (Å²) in [6, 6.07) is 21.1. The molecule has 0 amide bonds. The van der Waals surface area contributed by atoms with Gasteiger partial charge in [-0.05, 0) is 62.4 Å². The summed E-state index contributed by atoms with van der Waals surface area (Å²) in [4.78, 5) is 0. The van der Waals surface area contributed by atoms with E-state index in [1.807, 2.05) is 18.2 Å². The molecule has 26 heavy (non-hydrogen) atoms. The Morgan fingerprint density at radius 3 is 2.27 bits per heavy atom. The first-order valence-electron chi connectivity index (χ1n) is 10.0. The van der Waals surface area contributed by atoms with Crippen LogP contribution in [0.5, 0.6) is 5.75 Å². The molecule has 2 fully saturated rings. The van der Waals surface area contributed by atoms with Crippen LogP contribution in [-0.2, 0) is 6.61 Å². The lowest BCUT2D eigenvalue weighted by atomic mass is 9.91. The Labute approximate surface area is 157 Å². The van der Waals surface area contributed by atoms with Gasteiger partial charge in [-0.2, -0.15) is 0 Å². The van der Waals surface area contributed by atoms with Gasteiger partial charge in [-0.25, -0.2) is 0 Å². The van der Waals surface area contributed by atoms with Crippen molar-refractivity contribution in [2.24, 2.45) is 0 Å². The molecule has 2 saturated carbocycles. The summed E-state index contributed by atoms with van der Waals surface area (Å²) >= 11 is 0. The van der Waals surface area contributed by atoms with Crippen LogP contribution in [0.1, 0.15) is 49.1 Å². The summed E-state index contributed by atoms with van der Waals surface area (Å²) in [5.41, 5.74) is 2.65. The van der Waals surface area contributed by atoms with Gasteiger partial charge in [-0.1, -0.05) is 42.5 Å². The predicted octanol–water partition coefficient (Wildman–Crippen LogP) is 4.24. The summed E-state index contributed by atoms with van der Waals surface area (Å²) < 4.78 is 5.89. The van der Waals surface area contributed by atoms with Crippen molar-refractivity contribution >= 4 is 0 Å². The van der Waals surface area contributed by atoms with Gasteiger partial charge in [0.1, 0.15) is 12.4 Å². The molecule has 0 aromatic heterocycles. The van der Waals surface area contributed by atoms with Gasteiger partial charge in [0.05, 0.1) is 0 Å². The lowest BCUT2D eigenvalue weighted by molar-refractivity contribution is 0.306. The van der Waals surface area contributed by atoms with Gasteiger partial charge in [0.15, 0.2) is 0 Å². The highest BCUT2D eigenvalue weighted by molar-refractivity contribution is 5.34. The smallest absolute Gasteiger partial charge is 0.119 e. The maximum absolute atomic E-state index is 5.89. The number of rotatable bonds is 7. The Kier molecular flexibility index (Phi) is 5.57. The zero-order valence-electron chi connectivity index (χ0n) is 15.7. The van der Waals surface area contributed by atoms with Crippen LogP contribution in [-0.4, -0.2) is 25.2 Å². The van der Waals surface area contributed by atoms with Crippen LogP contribution in [0.15, 0.2) is 54.6 Å². The van der Waals surface area contributed by atoms with Crippen LogP contribution in [0, 0.1) is 0 Å². The molecule has 2 atom stereocenters. The molecule has 2 aliphatic carbocycles. The standard InChI is InChI=1S/C23H30N2O/c1-24-19-9-11-20(12-10-19)25-23-15-22(23)18-7-13-21(14-8-18)26-16-17-5-3-2-4-6-17/h2-8,13-14,19-20,22-25H,9-12,15-16H2,1H3. The van der Waals surface area contributed by atoms with Gasteiger partial charge in [0, 0.05) is 24.0 Å². The van der Waals surface area contributed by atoms with E-state index < -0.39 is 0 Å². The average Bonchev–Trinajstić information content (AvgIpc) is 3.47. The number of hydrogen-bond donors (Lipinski definition) is 2. The third-order valence-electron chi connectivity index (χ3n) is 5.93. The summed E-state index contributed by atoms with van der Waals surface area (Å²) in [6.07, 6.45) is 6.50. The molecule has 4 rings (SSSR count). The Balaban J connectivity index is 1.23. The second kappa shape index (κ2) is 8.24. The molecule has 0 bridgehead atoms. The number of benzene rings is 2. The quantitative estimate of drug-likeness (QED) is 0.783. The van der Waals surface area contributed by atoms with Gasteiger partial charge in [-0.15, -0.1) is 0 Å². The minimum Gasteiger partial charge on any atom is -0.489 e. The van der Waals surface area contributed by atoms with Crippen molar-refractivity contribution in [3.05, 3.63) is 65.7 Å². The van der Waals surface area contributed by atoms with Gasteiger partial charge >= 0.3 is 0 Å². The first kappa shape index (κ1) is 17.6.